The molecule has 1 atom stereocenters. The van der Waals surface area contributed by atoms with Crippen molar-refractivity contribution in [3.05, 3.63) is 11.6 Å². The van der Waals surface area contributed by atoms with Crippen molar-refractivity contribution >= 4 is 17.7 Å². The maximum Gasteiger partial charge on any atom is 0.191 e. The zero-order chi connectivity index (χ0) is 18.5. The van der Waals surface area contributed by atoms with E-state index in [0.29, 0.717) is 12.6 Å². The lowest BCUT2D eigenvalue weighted by Crippen LogP contribution is -2.42. The number of hydrogen-bond acceptors (Lipinski definition) is 4. The first-order valence-electron chi connectivity index (χ1n) is 9.47. The zero-order valence-corrected chi connectivity index (χ0v) is 17.5. The van der Waals surface area contributed by atoms with E-state index in [1.54, 1.807) is 0 Å². The number of guanidine groups is 1. The van der Waals surface area contributed by atoms with Gasteiger partial charge in [-0.3, -0.25) is 0 Å². The van der Waals surface area contributed by atoms with Crippen LogP contribution >= 0.6 is 11.8 Å². The maximum atomic E-state index is 4.71. The Morgan fingerprint density at radius 3 is 2.68 bits per heavy atom. The summed E-state index contributed by atoms with van der Waals surface area (Å²) in [5, 5.41) is 15.3. The number of rotatable bonds is 12. The van der Waals surface area contributed by atoms with E-state index in [9.17, 15) is 0 Å². The molecule has 144 valence electrons. The van der Waals surface area contributed by atoms with Crippen LogP contribution in [0.2, 0.25) is 0 Å². The van der Waals surface area contributed by atoms with Gasteiger partial charge in [-0.2, -0.15) is 11.8 Å². The number of aryl methyl sites for hydroxylation is 1. The molecule has 0 spiro atoms. The van der Waals surface area contributed by atoms with Crippen LogP contribution in [0.3, 0.4) is 0 Å². The van der Waals surface area contributed by atoms with E-state index in [1.807, 2.05) is 30.3 Å². The van der Waals surface area contributed by atoms with Crippen LogP contribution < -0.4 is 10.6 Å². The van der Waals surface area contributed by atoms with E-state index in [2.05, 4.69) is 40.9 Å². The van der Waals surface area contributed by atoms with Gasteiger partial charge in [-0.1, -0.05) is 32.6 Å². The van der Waals surface area contributed by atoms with E-state index in [0.717, 1.165) is 36.3 Å². The average Bonchev–Trinajstić information content (AvgIpc) is 2.92. The molecule has 0 saturated heterocycles. The zero-order valence-electron chi connectivity index (χ0n) is 16.6. The van der Waals surface area contributed by atoms with E-state index in [4.69, 9.17) is 4.99 Å². The average molecular weight is 369 g/mol. The lowest BCUT2D eigenvalue weighted by Gasteiger charge is -2.18. The molecular weight excluding hydrogens is 332 g/mol. The standard InChI is InChI=1S/C18H36N6S/c1-6-7-8-9-11-15(2)21-18(19-12-10-13-25-5)20-14-17-23-22-16(3)24(17)4/h15H,6-14H2,1-5H3,(H2,19,20,21). The lowest BCUT2D eigenvalue weighted by atomic mass is 10.1. The second-order valence-electron chi connectivity index (χ2n) is 6.56. The van der Waals surface area contributed by atoms with Crippen LogP contribution in [-0.2, 0) is 13.6 Å². The second-order valence-corrected chi connectivity index (χ2v) is 7.54. The van der Waals surface area contributed by atoms with Gasteiger partial charge in [-0.15, -0.1) is 10.2 Å². The molecule has 1 aromatic rings. The molecule has 0 fully saturated rings. The Morgan fingerprint density at radius 1 is 1.24 bits per heavy atom. The molecule has 0 amide bonds. The normalized spacial score (nSPS) is 13.1. The Hall–Kier alpha value is -1.24. The summed E-state index contributed by atoms with van der Waals surface area (Å²) in [5.74, 6) is 3.84. The first-order chi connectivity index (χ1) is 12.1. The molecule has 0 aromatic carbocycles. The minimum atomic E-state index is 0.421. The number of hydrogen-bond donors (Lipinski definition) is 2. The molecule has 1 aromatic heterocycles. The van der Waals surface area contributed by atoms with E-state index >= 15 is 0 Å². The van der Waals surface area contributed by atoms with Gasteiger partial charge >= 0.3 is 0 Å². The third-order valence-corrected chi connectivity index (χ3v) is 4.95. The molecule has 6 nitrogen and oxygen atoms in total. The van der Waals surface area contributed by atoms with Crippen LogP contribution in [0.5, 0.6) is 0 Å². The number of aromatic nitrogens is 3. The molecule has 25 heavy (non-hydrogen) atoms. The fourth-order valence-corrected chi connectivity index (χ4v) is 2.93. The summed E-state index contributed by atoms with van der Waals surface area (Å²) in [6.07, 6.45) is 9.64. The Labute approximate surface area is 157 Å². The molecule has 1 unspecified atom stereocenters. The highest BCUT2D eigenvalue weighted by molar-refractivity contribution is 7.98. The Kier molecular flexibility index (Phi) is 11.4. The van der Waals surface area contributed by atoms with Gasteiger partial charge in [-0.25, -0.2) is 4.99 Å². The SMILES string of the molecule is CCCCCCC(C)NC(=NCc1nnc(C)n1C)NCCCSC. The molecular formula is C18H36N6S. The van der Waals surface area contributed by atoms with Gasteiger partial charge in [0.05, 0.1) is 0 Å². The van der Waals surface area contributed by atoms with Crippen molar-refractivity contribution in [3.8, 4) is 0 Å². The lowest BCUT2D eigenvalue weighted by molar-refractivity contribution is 0.536. The number of nitrogens with one attached hydrogen (secondary N) is 2. The minimum absolute atomic E-state index is 0.421. The van der Waals surface area contributed by atoms with Gasteiger partial charge < -0.3 is 15.2 Å². The largest absolute Gasteiger partial charge is 0.356 e. The second kappa shape index (κ2) is 13.0. The van der Waals surface area contributed by atoms with Gasteiger partial charge in [-0.05, 0) is 38.7 Å². The van der Waals surface area contributed by atoms with Crippen molar-refractivity contribution < 1.29 is 0 Å². The van der Waals surface area contributed by atoms with Gasteiger partial charge in [0.1, 0.15) is 12.4 Å². The number of nitrogens with zero attached hydrogens (tertiary/aromatic N) is 4. The third kappa shape index (κ3) is 9.14. The summed E-state index contributed by atoms with van der Waals surface area (Å²) in [4.78, 5) is 4.71. The van der Waals surface area contributed by atoms with Gasteiger partial charge in [0.2, 0.25) is 0 Å². The van der Waals surface area contributed by atoms with Crippen molar-refractivity contribution in [2.24, 2.45) is 12.0 Å². The third-order valence-electron chi connectivity index (χ3n) is 4.25. The quantitative estimate of drug-likeness (QED) is 0.337. The fraction of sp³-hybridized carbons (Fsp3) is 0.833. The predicted octanol–water partition coefficient (Wildman–Crippen LogP) is 3.27. The minimum Gasteiger partial charge on any atom is -0.356 e. The first kappa shape index (κ1) is 21.8. The molecule has 0 aliphatic carbocycles. The first-order valence-corrected chi connectivity index (χ1v) is 10.9. The molecule has 0 saturated carbocycles. The number of aliphatic imine (C=N–C) groups is 1. The van der Waals surface area contributed by atoms with Crippen molar-refractivity contribution in [2.75, 3.05) is 18.6 Å². The van der Waals surface area contributed by atoms with Crippen LogP contribution in [0.25, 0.3) is 0 Å². The Balaban J connectivity index is 2.55. The number of thioether (sulfide) groups is 1. The van der Waals surface area contributed by atoms with Gasteiger partial charge in [0.15, 0.2) is 11.8 Å². The highest BCUT2D eigenvalue weighted by Gasteiger charge is 2.08. The highest BCUT2D eigenvalue weighted by atomic mass is 32.2. The molecule has 7 heteroatoms. The van der Waals surface area contributed by atoms with E-state index in [-0.39, 0.29) is 0 Å². The Bertz CT molecular complexity index is 500. The molecule has 0 radical (unpaired) electrons. The van der Waals surface area contributed by atoms with Crippen molar-refractivity contribution in [2.45, 2.75) is 71.9 Å². The monoisotopic (exact) mass is 368 g/mol. The summed E-state index contributed by atoms with van der Waals surface area (Å²) in [7, 11) is 1.98. The van der Waals surface area contributed by atoms with E-state index < -0.39 is 0 Å². The molecule has 0 aliphatic rings. The highest BCUT2D eigenvalue weighted by Crippen LogP contribution is 2.05. The summed E-state index contributed by atoms with van der Waals surface area (Å²) in [6, 6.07) is 0.421. The van der Waals surface area contributed by atoms with Crippen molar-refractivity contribution in [1.29, 1.82) is 0 Å². The van der Waals surface area contributed by atoms with Crippen LogP contribution in [0.1, 0.15) is 64.0 Å². The smallest absolute Gasteiger partial charge is 0.191 e. The van der Waals surface area contributed by atoms with Gasteiger partial charge in [0, 0.05) is 19.6 Å². The topological polar surface area (TPSA) is 67.1 Å². The molecule has 0 bridgehead atoms. The molecule has 1 heterocycles. The molecule has 2 N–H and O–H groups in total. The Morgan fingerprint density at radius 2 is 2.04 bits per heavy atom. The fourth-order valence-electron chi connectivity index (χ4n) is 2.50. The summed E-state index contributed by atoms with van der Waals surface area (Å²) < 4.78 is 1.99. The summed E-state index contributed by atoms with van der Waals surface area (Å²) in [5.41, 5.74) is 0. The van der Waals surface area contributed by atoms with Gasteiger partial charge in [0.25, 0.3) is 0 Å². The van der Waals surface area contributed by atoms with Crippen LogP contribution in [0.15, 0.2) is 4.99 Å². The maximum absolute atomic E-state index is 4.71. The molecule has 1 rings (SSSR count). The van der Waals surface area contributed by atoms with E-state index in [1.165, 1.54) is 32.1 Å². The van der Waals surface area contributed by atoms with Crippen LogP contribution in [-0.4, -0.2) is 45.3 Å². The van der Waals surface area contributed by atoms with Crippen LogP contribution in [0.4, 0.5) is 0 Å². The van der Waals surface area contributed by atoms with Crippen molar-refractivity contribution in [3.63, 3.8) is 0 Å². The summed E-state index contributed by atoms with van der Waals surface area (Å²) in [6.45, 7) is 7.92. The van der Waals surface area contributed by atoms with Crippen LogP contribution in [0, 0.1) is 6.92 Å². The molecule has 0 aliphatic heterocycles. The summed E-state index contributed by atoms with van der Waals surface area (Å²) >= 11 is 1.88. The number of unbranched alkanes of at least 4 members (excludes halogenated alkanes) is 3. The predicted molar refractivity (Wildman–Crippen MR) is 109 cm³/mol. The van der Waals surface area contributed by atoms with Crippen molar-refractivity contribution in [1.82, 2.24) is 25.4 Å².